The molecule has 2 aromatic heterocycles. The number of thiophene rings is 1. The van der Waals surface area contributed by atoms with Gasteiger partial charge in [0.1, 0.15) is 5.82 Å². The first-order chi connectivity index (χ1) is 8.92. The van der Waals surface area contributed by atoms with Gasteiger partial charge in [-0.3, -0.25) is 0 Å². The van der Waals surface area contributed by atoms with E-state index in [-0.39, 0.29) is 0 Å². The fourth-order valence-electron chi connectivity index (χ4n) is 2.76. The number of hydrogen-bond acceptors (Lipinski definition) is 4. The van der Waals surface area contributed by atoms with Crippen LogP contribution in [0, 0.1) is 5.92 Å². The lowest BCUT2D eigenvalue weighted by Crippen LogP contribution is -2.35. The van der Waals surface area contributed by atoms with Crippen LogP contribution in [0.3, 0.4) is 0 Å². The SMILES string of the molecule is c1cc(Cc2nnc3n2CCNC3C2CC2)cs1. The average Bonchev–Trinajstić information content (AvgIpc) is 2.96. The van der Waals surface area contributed by atoms with Crippen LogP contribution in [0.5, 0.6) is 0 Å². The van der Waals surface area contributed by atoms with Crippen molar-refractivity contribution in [2.75, 3.05) is 6.54 Å². The summed E-state index contributed by atoms with van der Waals surface area (Å²) in [5.74, 6) is 3.08. The Labute approximate surface area is 110 Å². The van der Waals surface area contributed by atoms with E-state index < -0.39 is 0 Å². The van der Waals surface area contributed by atoms with Crippen LogP contribution in [0.4, 0.5) is 0 Å². The second-order valence-corrected chi connectivity index (χ2v) is 5.98. The summed E-state index contributed by atoms with van der Waals surface area (Å²) in [4.78, 5) is 0. The zero-order valence-electron chi connectivity index (χ0n) is 10.2. The summed E-state index contributed by atoms with van der Waals surface area (Å²) >= 11 is 1.74. The summed E-state index contributed by atoms with van der Waals surface area (Å²) in [7, 11) is 0. The van der Waals surface area contributed by atoms with Gasteiger partial charge in [-0.05, 0) is 41.1 Å². The molecule has 4 rings (SSSR count). The highest BCUT2D eigenvalue weighted by Gasteiger charge is 2.37. The fraction of sp³-hybridized carbons (Fsp3) is 0.538. The molecule has 0 aromatic carbocycles. The number of nitrogens with one attached hydrogen (secondary N) is 1. The third kappa shape index (κ3) is 1.78. The van der Waals surface area contributed by atoms with Gasteiger partial charge >= 0.3 is 0 Å². The number of rotatable bonds is 3. The highest BCUT2D eigenvalue weighted by molar-refractivity contribution is 7.07. The normalized spacial score (nSPS) is 23.0. The molecule has 1 aliphatic carbocycles. The summed E-state index contributed by atoms with van der Waals surface area (Å²) in [6, 6.07) is 2.62. The van der Waals surface area contributed by atoms with Crippen LogP contribution in [0.15, 0.2) is 16.8 Å². The molecule has 0 bridgehead atoms. The van der Waals surface area contributed by atoms with Crippen LogP contribution in [-0.2, 0) is 13.0 Å². The third-order valence-electron chi connectivity index (χ3n) is 3.87. The molecular formula is C13H16N4S. The molecule has 1 N–H and O–H groups in total. The zero-order chi connectivity index (χ0) is 11.9. The number of fused-ring (bicyclic) bond motifs is 1. The Kier molecular flexibility index (Phi) is 2.48. The molecule has 1 aliphatic heterocycles. The number of aromatic nitrogens is 3. The highest BCUT2D eigenvalue weighted by atomic mass is 32.1. The van der Waals surface area contributed by atoms with Gasteiger partial charge in [-0.2, -0.15) is 11.3 Å². The van der Waals surface area contributed by atoms with Gasteiger partial charge < -0.3 is 9.88 Å². The second-order valence-electron chi connectivity index (χ2n) is 5.20. The number of hydrogen-bond donors (Lipinski definition) is 1. The van der Waals surface area contributed by atoms with Crippen LogP contribution < -0.4 is 5.32 Å². The summed E-state index contributed by atoms with van der Waals surface area (Å²) in [6.07, 6.45) is 3.59. The molecule has 3 heterocycles. The third-order valence-corrected chi connectivity index (χ3v) is 4.60. The van der Waals surface area contributed by atoms with Crippen molar-refractivity contribution in [2.45, 2.75) is 31.8 Å². The topological polar surface area (TPSA) is 42.7 Å². The largest absolute Gasteiger partial charge is 0.312 e. The van der Waals surface area contributed by atoms with Gasteiger partial charge in [0.15, 0.2) is 5.82 Å². The molecule has 5 heteroatoms. The minimum Gasteiger partial charge on any atom is -0.312 e. The van der Waals surface area contributed by atoms with Crippen LogP contribution >= 0.6 is 11.3 Å². The van der Waals surface area contributed by atoms with Crippen LogP contribution in [-0.4, -0.2) is 21.3 Å². The first-order valence-corrected chi connectivity index (χ1v) is 7.52. The molecule has 0 amide bonds. The highest BCUT2D eigenvalue weighted by Crippen LogP contribution is 2.41. The minimum absolute atomic E-state index is 0.447. The van der Waals surface area contributed by atoms with Crippen molar-refractivity contribution in [3.8, 4) is 0 Å². The summed E-state index contributed by atoms with van der Waals surface area (Å²) in [5.41, 5.74) is 1.34. The predicted octanol–water partition coefficient (Wildman–Crippen LogP) is 1.98. The van der Waals surface area contributed by atoms with Crippen molar-refractivity contribution in [3.63, 3.8) is 0 Å². The molecule has 4 nitrogen and oxygen atoms in total. The van der Waals surface area contributed by atoms with Gasteiger partial charge in [0.05, 0.1) is 6.04 Å². The van der Waals surface area contributed by atoms with Gasteiger partial charge in [0.2, 0.25) is 0 Å². The summed E-state index contributed by atoms with van der Waals surface area (Å²) in [5, 5.41) is 16.8. The van der Waals surface area contributed by atoms with Crippen molar-refractivity contribution >= 4 is 11.3 Å². The fourth-order valence-corrected chi connectivity index (χ4v) is 3.43. The lowest BCUT2D eigenvalue weighted by atomic mass is 10.1. The lowest BCUT2D eigenvalue weighted by Gasteiger charge is -2.24. The maximum Gasteiger partial charge on any atom is 0.150 e. The molecule has 0 spiro atoms. The van der Waals surface area contributed by atoms with Gasteiger partial charge in [-0.25, -0.2) is 0 Å². The minimum atomic E-state index is 0.447. The first kappa shape index (κ1) is 10.7. The monoisotopic (exact) mass is 260 g/mol. The molecule has 0 saturated heterocycles. The van der Waals surface area contributed by atoms with E-state index in [2.05, 4.69) is 36.9 Å². The standard InChI is InChI=1S/C13H16N4S/c1-2-10(1)12-13-16-15-11(17(13)5-4-14-12)7-9-3-6-18-8-9/h3,6,8,10,12,14H,1-2,4-5,7H2. The molecule has 0 radical (unpaired) electrons. The van der Waals surface area contributed by atoms with Crippen molar-refractivity contribution in [1.29, 1.82) is 0 Å². The Bertz CT molecular complexity index is 541. The average molecular weight is 260 g/mol. The van der Waals surface area contributed by atoms with E-state index >= 15 is 0 Å². The smallest absolute Gasteiger partial charge is 0.150 e. The molecule has 1 unspecified atom stereocenters. The van der Waals surface area contributed by atoms with Crippen LogP contribution in [0.2, 0.25) is 0 Å². The van der Waals surface area contributed by atoms with E-state index in [0.717, 1.165) is 37.1 Å². The maximum absolute atomic E-state index is 4.43. The quantitative estimate of drug-likeness (QED) is 0.917. The summed E-state index contributed by atoms with van der Waals surface area (Å²) < 4.78 is 2.33. The second kappa shape index (κ2) is 4.17. The van der Waals surface area contributed by atoms with E-state index in [1.54, 1.807) is 11.3 Å². The Morgan fingerprint density at radius 3 is 3.11 bits per heavy atom. The molecule has 1 fully saturated rings. The van der Waals surface area contributed by atoms with Gasteiger partial charge in [-0.1, -0.05) is 0 Å². The number of nitrogens with zero attached hydrogens (tertiary/aromatic N) is 3. The van der Waals surface area contributed by atoms with E-state index in [0.29, 0.717) is 6.04 Å². The van der Waals surface area contributed by atoms with Crippen molar-refractivity contribution in [2.24, 2.45) is 5.92 Å². The first-order valence-electron chi connectivity index (χ1n) is 6.58. The Hall–Kier alpha value is -1.20. The Morgan fingerprint density at radius 2 is 2.33 bits per heavy atom. The van der Waals surface area contributed by atoms with Gasteiger partial charge in [0.25, 0.3) is 0 Å². The maximum atomic E-state index is 4.43. The summed E-state index contributed by atoms with van der Waals surface area (Å²) in [6.45, 7) is 2.05. The Balaban J connectivity index is 1.65. The van der Waals surface area contributed by atoms with Gasteiger partial charge in [0, 0.05) is 19.5 Å². The van der Waals surface area contributed by atoms with Crippen molar-refractivity contribution < 1.29 is 0 Å². The lowest BCUT2D eigenvalue weighted by molar-refractivity contribution is 0.377. The van der Waals surface area contributed by atoms with Crippen molar-refractivity contribution in [3.05, 3.63) is 34.0 Å². The Morgan fingerprint density at radius 1 is 1.39 bits per heavy atom. The van der Waals surface area contributed by atoms with E-state index in [4.69, 9.17) is 0 Å². The van der Waals surface area contributed by atoms with Crippen molar-refractivity contribution in [1.82, 2.24) is 20.1 Å². The van der Waals surface area contributed by atoms with E-state index in [9.17, 15) is 0 Å². The van der Waals surface area contributed by atoms with E-state index in [1.165, 1.54) is 18.4 Å². The molecule has 18 heavy (non-hydrogen) atoms. The molecule has 1 atom stereocenters. The zero-order valence-corrected chi connectivity index (χ0v) is 11.0. The molecular weight excluding hydrogens is 244 g/mol. The van der Waals surface area contributed by atoms with E-state index in [1.807, 2.05) is 0 Å². The molecule has 2 aliphatic rings. The van der Waals surface area contributed by atoms with Gasteiger partial charge in [-0.15, -0.1) is 10.2 Å². The van der Waals surface area contributed by atoms with Crippen LogP contribution in [0.25, 0.3) is 0 Å². The molecule has 1 saturated carbocycles. The predicted molar refractivity (Wildman–Crippen MR) is 70.6 cm³/mol. The molecule has 94 valence electrons. The van der Waals surface area contributed by atoms with Crippen LogP contribution in [0.1, 0.15) is 36.1 Å². The molecule has 2 aromatic rings.